The van der Waals surface area contributed by atoms with E-state index in [9.17, 15) is 44.7 Å². The lowest BCUT2D eigenvalue weighted by molar-refractivity contribution is -0.162. The minimum Gasteiger partial charge on any atom is -0.510 e. The number of hydrogen-bond donors (Lipinski definition) is 7. The molecule has 8 N–H and O–H groups in total. The number of likely N-dealkylation sites (N-methyl/N-ethyl adjacent to an activating group) is 1. The number of anilines is 1. The van der Waals surface area contributed by atoms with Gasteiger partial charge in [0.05, 0.1) is 34.1 Å². The number of ketones is 2. The number of carbonyl (C=O) groups excluding carboxylic acids is 4. The number of nitrogens with two attached hydrogens (primary N) is 1. The van der Waals surface area contributed by atoms with E-state index < -0.39 is 92.1 Å². The molecule has 2 amide bonds. The number of Topliss-reactive ketones (excluding diaryl/α,β-unsaturated/α-hetero) is 2. The van der Waals surface area contributed by atoms with Gasteiger partial charge in [-0.05, 0) is 38.6 Å². The Bertz CT molecular complexity index is 1360. The van der Waals surface area contributed by atoms with Gasteiger partial charge >= 0.3 is 0 Å². The lowest BCUT2D eigenvalue weighted by Crippen LogP contribution is -2.68. The molecule has 0 saturated heterocycles. The number of phenols is 1. The number of primary amides is 1. The molecule has 0 aliphatic heterocycles. The van der Waals surface area contributed by atoms with Crippen molar-refractivity contribution in [3.05, 3.63) is 45.9 Å². The van der Waals surface area contributed by atoms with Crippen LogP contribution in [0.4, 0.5) is 5.69 Å². The fourth-order valence-corrected chi connectivity index (χ4v) is 6.07. The van der Waals surface area contributed by atoms with Crippen LogP contribution in [0.3, 0.4) is 0 Å². The number of carbonyl (C=O) groups is 4. The Balaban J connectivity index is 0.00000420. The number of halogens is 2. The van der Waals surface area contributed by atoms with Crippen LogP contribution in [0, 0.1) is 11.8 Å². The molecular formula is C25H29Br2N3O9. The highest BCUT2D eigenvalue weighted by Gasteiger charge is 2.67. The van der Waals surface area contributed by atoms with Gasteiger partial charge in [0.25, 0.3) is 5.91 Å². The molecule has 0 aromatic heterocycles. The summed E-state index contributed by atoms with van der Waals surface area (Å²) in [4.78, 5) is 52.1. The van der Waals surface area contributed by atoms with Crippen molar-refractivity contribution < 1.29 is 44.7 Å². The van der Waals surface area contributed by atoms with Crippen molar-refractivity contribution in [2.24, 2.45) is 17.6 Å². The molecular weight excluding hydrogens is 646 g/mol. The highest BCUT2D eigenvalue weighted by atomic mass is 79.9. The van der Waals surface area contributed by atoms with Gasteiger partial charge in [0.1, 0.15) is 17.1 Å². The molecule has 5 unspecified atom stereocenters. The number of nitrogens with zero attached hydrogens (tertiary/aromatic N) is 1. The molecule has 0 bridgehead atoms. The van der Waals surface area contributed by atoms with E-state index in [1.165, 1.54) is 31.1 Å². The number of nitrogens with one attached hydrogen (secondary N) is 1. The lowest BCUT2D eigenvalue weighted by atomic mass is 9.55. The Labute approximate surface area is 242 Å². The SMILES string of the molecule is Br.CC(Br)C(=O)Nc1ccc2c(c1O)C(=O)C1=C(O)[C@]3(O)C(=O)C(C(N)=O)=C(O)[C@@H](N(C)C)C3C(O)C1C2C. The number of rotatable bonds is 4. The van der Waals surface area contributed by atoms with Crippen LogP contribution in [0.5, 0.6) is 5.75 Å². The summed E-state index contributed by atoms with van der Waals surface area (Å²) in [6.07, 6.45) is -1.68. The van der Waals surface area contributed by atoms with E-state index in [1.807, 2.05) is 0 Å². The number of aliphatic hydroxyl groups is 4. The molecule has 0 saturated carbocycles. The fraction of sp³-hybridized carbons (Fsp3) is 0.440. The maximum absolute atomic E-state index is 13.8. The average molecular weight is 675 g/mol. The molecule has 7 atom stereocenters. The van der Waals surface area contributed by atoms with Gasteiger partial charge in [-0.1, -0.05) is 28.9 Å². The van der Waals surface area contributed by atoms with Gasteiger partial charge in [-0.15, -0.1) is 17.0 Å². The molecule has 212 valence electrons. The van der Waals surface area contributed by atoms with Crippen molar-refractivity contribution in [1.29, 1.82) is 0 Å². The predicted molar refractivity (Wildman–Crippen MR) is 147 cm³/mol. The predicted octanol–water partition coefficient (Wildman–Crippen LogP) is 0.952. The molecule has 1 aromatic rings. The standard InChI is InChI=1S/C25H28BrN3O9.BrH/c1-7-9-5-6-10(28-24(37)8(2)26)17(30)12(9)18(31)13-11(7)19(32)15-16(29(3)4)20(33)14(23(27)36)22(35)25(15,38)21(13)34;/h5-8,11,15-16,19,30,32-34,38H,1-4H3,(H2,27,36)(H,28,37);1H/t7?,8?,11?,15?,16-,19?,25-;/m0./s1. The largest absolute Gasteiger partial charge is 0.510 e. The third kappa shape index (κ3) is 4.20. The number of fused-ring (bicyclic) bond motifs is 3. The second kappa shape index (κ2) is 10.3. The average Bonchev–Trinajstić information content (AvgIpc) is 2.82. The molecule has 14 heteroatoms. The molecule has 39 heavy (non-hydrogen) atoms. The zero-order valence-corrected chi connectivity index (χ0v) is 24.6. The first kappa shape index (κ1) is 30.8. The Morgan fingerprint density at radius 3 is 2.28 bits per heavy atom. The minimum atomic E-state index is -2.99. The van der Waals surface area contributed by atoms with E-state index >= 15 is 0 Å². The Kier molecular flexibility index (Phi) is 8.14. The van der Waals surface area contributed by atoms with Crippen LogP contribution >= 0.6 is 32.9 Å². The molecule has 0 heterocycles. The van der Waals surface area contributed by atoms with Crippen molar-refractivity contribution in [1.82, 2.24) is 4.90 Å². The van der Waals surface area contributed by atoms with Gasteiger partial charge in [0.15, 0.2) is 17.1 Å². The van der Waals surface area contributed by atoms with Crippen LogP contribution in [0.2, 0.25) is 0 Å². The molecule has 3 aliphatic carbocycles. The Morgan fingerprint density at radius 1 is 1.18 bits per heavy atom. The monoisotopic (exact) mass is 673 g/mol. The van der Waals surface area contributed by atoms with Gasteiger partial charge in [-0.3, -0.25) is 24.1 Å². The smallest absolute Gasteiger partial charge is 0.255 e. The number of aromatic hydroxyl groups is 1. The first-order valence-electron chi connectivity index (χ1n) is 11.7. The quantitative estimate of drug-likeness (QED) is 0.137. The van der Waals surface area contributed by atoms with E-state index in [-0.39, 0.29) is 28.2 Å². The van der Waals surface area contributed by atoms with Gasteiger partial charge in [0.2, 0.25) is 11.7 Å². The summed E-state index contributed by atoms with van der Waals surface area (Å²) in [5.74, 6) is -10.3. The number of benzene rings is 1. The van der Waals surface area contributed by atoms with Crippen LogP contribution in [0.15, 0.2) is 34.8 Å². The summed E-state index contributed by atoms with van der Waals surface area (Å²) in [7, 11) is 2.93. The van der Waals surface area contributed by atoms with E-state index in [0.717, 1.165) is 0 Å². The van der Waals surface area contributed by atoms with E-state index in [4.69, 9.17) is 5.73 Å². The van der Waals surface area contributed by atoms with E-state index in [0.29, 0.717) is 5.56 Å². The molecule has 0 spiro atoms. The van der Waals surface area contributed by atoms with Crippen LogP contribution in [0.1, 0.15) is 35.7 Å². The summed E-state index contributed by atoms with van der Waals surface area (Å²) < 4.78 is 0. The van der Waals surface area contributed by atoms with Crippen molar-refractivity contribution in [2.75, 3.05) is 19.4 Å². The number of amides is 2. The van der Waals surface area contributed by atoms with Gasteiger partial charge in [-0.2, -0.15) is 0 Å². The van der Waals surface area contributed by atoms with Crippen LogP contribution in [-0.4, -0.2) is 90.5 Å². The van der Waals surface area contributed by atoms with E-state index in [2.05, 4.69) is 21.2 Å². The highest BCUT2D eigenvalue weighted by Crippen LogP contribution is 2.56. The summed E-state index contributed by atoms with van der Waals surface area (Å²) in [5, 5.41) is 58.9. The maximum Gasteiger partial charge on any atom is 0.255 e. The summed E-state index contributed by atoms with van der Waals surface area (Å²) in [6.45, 7) is 3.18. The van der Waals surface area contributed by atoms with E-state index in [1.54, 1.807) is 13.8 Å². The summed E-state index contributed by atoms with van der Waals surface area (Å²) >= 11 is 3.11. The minimum absolute atomic E-state index is 0. The molecule has 1 aromatic carbocycles. The highest BCUT2D eigenvalue weighted by molar-refractivity contribution is 9.10. The van der Waals surface area contributed by atoms with Crippen LogP contribution < -0.4 is 11.1 Å². The topological polar surface area (TPSA) is 211 Å². The Morgan fingerprint density at radius 2 is 1.77 bits per heavy atom. The first-order valence-corrected chi connectivity index (χ1v) is 12.6. The zero-order chi connectivity index (χ0) is 28.6. The lowest BCUT2D eigenvalue weighted by Gasteiger charge is -2.53. The second-order valence-electron chi connectivity index (χ2n) is 10.1. The number of aliphatic hydroxyl groups excluding tert-OH is 3. The zero-order valence-electron chi connectivity index (χ0n) is 21.3. The van der Waals surface area contributed by atoms with Crippen molar-refractivity contribution in [3.63, 3.8) is 0 Å². The van der Waals surface area contributed by atoms with Gasteiger partial charge in [0, 0.05) is 11.5 Å². The van der Waals surface area contributed by atoms with Gasteiger partial charge in [-0.25, -0.2) is 0 Å². The van der Waals surface area contributed by atoms with Crippen molar-refractivity contribution in [3.8, 4) is 5.75 Å². The first-order chi connectivity index (χ1) is 17.6. The number of hydrogen-bond acceptors (Lipinski definition) is 10. The second-order valence-corrected chi connectivity index (χ2v) is 11.5. The van der Waals surface area contributed by atoms with Gasteiger partial charge < -0.3 is 36.6 Å². The molecule has 12 nitrogen and oxygen atoms in total. The molecule has 0 radical (unpaired) electrons. The maximum atomic E-state index is 13.8. The van der Waals surface area contributed by atoms with Crippen molar-refractivity contribution in [2.45, 2.75) is 42.3 Å². The molecule has 4 rings (SSSR count). The summed E-state index contributed by atoms with van der Waals surface area (Å²) in [5.41, 5.74) is 0.750. The van der Waals surface area contributed by atoms with Crippen LogP contribution in [-0.2, 0) is 14.4 Å². The third-order valence-corrected chi connectivity index (χ3v) is 8.17. The molecule has 3 aliphatic rings. The third-order valence-electron chi connectivity index (χ3n) is 7.75. The molecule has 0 fully saturated rings. The van der Waals surface area contributed by atoms with Crippen LogP contribution in [0.25, 0.3) is 0 Å². The van der Waals surface area contributed by atoms with Crippen molar-refractivity contribution >= 4 is 62.0 Å². The number of alkyl halides is 1. The normalized spacial score (nSPS) is 30.7. The summed E-state index contributed by atoms with van der Waals surface area (Å²) in [6, 6.07) is 1.55. The Hall–Kier alpha value is -2.78. The fourth-order valence-electron chi connectivity index (χ4n) is 5.96. The number of phenolic OH excluding ortho intramolecular Hbond substituents is 1.